The van der Waals surface area contributed by atoms with Crippen LogP contribution in [-0.4, -0.2) is 11.5 Å². The van der Waals surface area contributed by atoms with E-state index in [0.29, 0.717) is 6.54 Å². The smallest absolute Gasteiger partial charge is 0.369 e. The quantitative estimate of drug-likeness (QED) is 0.873. The maximum atomic E-state index is 13.1. The van der Waals surface area contributed by atoms with Crippen molar-refractivity contribution in [1.82, 2.24) is 4.98 Å². The number of pyridine rings is 1. The van der Waals surface area contributed by atoms with Crippen LogP contribution in [0.15, 0.2) is 18.3 Å². The van der Waals surface area contributed by atoms with Crippen molar-refractivity contribution >= 4 is 5.82 Å². The molecule has 5 heteroatoms. The minimum Gasteiger partial charge on any atom is -0.369 e. The lowest BCUT2D eigenvalue weighted by molar-refractivity contribution is -0.137. The Bertz CT molecular complexity index is 532. The Morgan fingerprint density at radius 3 is 2.23 bits per heavy atom. The summed E-state index contributed by atoms with van der Waals surface area (Å²) in [6.45, 7) is 0.636. The second kappa shape index (κ2) is 4.87. The predicted octanol–water partition coefficient (Wildman–Crippen LogP) is 4.73. The van der Waals surface area contributed by atoms with Crippen LogP contribution in [0.3, 0.4) is 0 Å². The molecule has 0 saturated heterocycles. The van der Waals surface area contributed by atoms with Crippen molar-refractivity contribution in [3.05, 3.63) is 23.9 Å². The molecule has 1 heterocycles. The van der Waals surface area contributed by atoms with Crippen molar-refractivity contribution in [3.8, 4) is 0 Å². The summed E-state index contributed by atoms with van der Waals surface area (Å²) in [7, 11) is 0. The largest absolute Gasteiger partial charge is 0.419 e. The Morgan fingerprint density at radius 1 is 1.09 bits per heavy atom. The van der Waals surface area contributed by atoms with E-state index in [1.807, 2.05) is 0 Å². The zero-order valence-corrected chi connectivity index (χ0v) is 12.5. The molecule has 0 unspecified atom stereocenters. The van der Waals surface area contributed by atoms with Gasteiger partial charge in [0.05, 0.1) is 5.56 Å². The van der Waals surface area contributed by atoms with E-state index in [9.17, 15) is 13.2 Å². The molecule has 4 bridgehead atoms. The van der Waals surface area contributed by atoms with Crippen molar-refractivity contribution in [2.75, 3.05) is 11.9 Å². The van der Waals surface area contributed by atoms with Crippen molar-refractivity contribution in [2.24, 2.45) is 23.2 Å². The first-order chi connectivity index (χ1) is 10.4. The number of aromatic nitrogens is 1. The number of nitrogens with one attached hydrogen (secondary N) is 1. The molecule has 22 heavy (non-hydrogen) atoms. The topological polar surface area (TPSA) is 24.9 Å². The summed E-state index contributed by atoms with van der Waals surface area (Å²) in [6, 6.07) is 2.45. The van der Waals surface area contributed by atoms with Gasteiger partial charge in [0.2, 0.25) is 0 Å². The number of anilines is 1. The summed E-state index contributed by atoms with van der Waals surface area (Å²) < 4.78 is 39.2. The highest BCUT2D eigenvalue weighted by molar-refractivity contribution is 5.45. The lowest BCUT2D eigenvalue weighted by atomic mass is 9.49. The Morgan fingerprint density at radius 2 is 1.68 bits per heavy atom. The fourth-order valence-electron chi connectivity index (χ4n) is 5.55. The summed E-state index contributed by atoms with van der Waals surface area (Å²) in [5, 5.41) is 3.05. The zero-order valence-electron chi connectivity index (χ0n) is 12.5. The van der Waals surface area contributed by atoms with Crippen LogP contribution in [0, 0.1) is 23.2 Å². The van der Waals surface area contributed by atoms with Crippen molar-refractivity contribution in [2.45, 2.75) is 44.7 Å². The maximum Gasteiger partial charge on any atom is 0.419 e. The first-order valence-corrected chi connectivity index (χ1v) is 8.20. The fraction of sp³-hybridized carbons (Fsp3) is 0.706. The Labute approximate surface area is 128 Å². The van der Waals surface area contributed by atoms with E-state index in [1.54, 1.807) is 0 Å². The van der Waals surface area contributed by atoms with Crippen LogP contribution in [-0.2, 0) is 6.18 Å². The second-order valence-electron chi connectivity index (χ2n) is 7.67. The van der Waals surface area contributed by atoms with E-state index >= 15 is 0 Å². The van der Waals surface area contributed by atoms with Crippen LogP contribution >= 0.6 is 0 Å². The van der Waals surface area contributed by atoms with Gasteiger partial charge >= 0.3 is 6.18 Å². The van der Waals surface area contributed by atoms with Gasteiger partial charge in [-0.1, -0.05) is 0 Å². The summed E-state index contributed by atoms with van der Waals surface area (Å²) >= 11 is 0. The average Bonchev–Trinajstić information content (AvgIpc) is 2.43. The fourth-order valence-corrected chi connectivity index (χ4v) is 5.55. The molecule has 0 aliphatic heterocycles. The Hall–Kier alpha value is -1.26. The monoisotopic (exact) mass is 310 g/mol. The second-order valence-corrected chi connectivity index (χ2v) is 7.67. The van der Waals surface area contributed by atoms with Gasteiger partial charge < -0.3 is 5.32 Å². The summed E-state index contributed by atoms with van der Waals surface area (Å²) in [4.78, 5) is 3.93. The van der Waals surface area contributed by atoms with Gasteiger partial charge in [0.25, 0.3) is 0 Å². The lowest BCUT2D eigenvalue weighted by Crippen LogP contribution is -2.49. The number of hydrogen-bond donors (Lipinski definition) is 1. The third-order valence-corrected chi connectivity index (χ3v) is 5.91. The van der Waals surface area contributed by atoms with Gasteiger partial charge in [0.1, 0.15) is 5.82 Å². The van der Waals surface area contributed by atoms with Gasteiger partial charge in [-0.3, -0.25) is 0 Å². The molecular formula is C17H21F3N2. The molecule has 4 aliphatic carbocycles. The summed E-state index contributed by atoms with van der Waals surface area (Å²) in [5.74, 6) is 2.40. The Kier molecular flexibility index (Phi) is 3.17. The average molecular weight is 310 g/mol. The Balaban J connectivity index is 1.52. The highest BCUT2D eigenvalue weighted by atomic mass is 19.4. The third kappa shape index (κ3) is 2.48. The van der Waals surface area contributed by atoms with E-state index < -0.39 is 11.7 Å². The van der Waals surface area contributed by atoms with Crippen LogP contribution in [0.4, 0.5) is 19.0 Å². The van der Waals surface area contributed by atoms with Crippen LogP contribution < -0.4 is 5.32 Å². The van der Waals surface area contributed by atoms with Crippen LogP contribution in [0.5, 0.6) is 0 Å². The number of hydrogen-bond acceptors (Lipinski definition) is 2. The standard InChI is InChI=1S/C17H21F3N2/c18-17(19,20)14-2-1-3-21-15(14)22-10-16-7-11-4-12(8-16)6-13(5-11)9-16/h1-3,11-13H,4-10H2,(H,21,22). The van der Waals surface area contributed by atoms with Crippen molar-refractivity contribution in [3.63, 3.8) is 0 Å². The van der Waals surface area contributed by atoms with Gasteiger partial charge in [-0.15, -0.1) is 0 Å². The van der Waals surface area contributed by atoms with E-state index in [2.05, 4.69) is 10.3 Å². The molecule has 0 amide bonds. The van der Waals surface area contributed by atoms with E-state index in [1.165, 1.54) is 50.8 Å². The van der Waals surface area contributed by atoms with E-state index in [-0.39, 0.29) is 11.2 Å². The highest BCUT2D eigenvalue weighted by Gasteiger charge is 2.50. The van der Waals surface area contributed by atoms with E-state index in [4.69, 9.17) is 0 Å². The molecule has 0 radical (unpaired) electrons. The molecule has 1 aromatic rings. The molecule has 4 aliphatic rings. The van der Waals surface area contributed by atoms with Crippen molar-refractivity contribution in [1.29, 1.82) is 0 Å². The minimum absolute atomic E-state index is 0.00857. The first kappa shape index (κ1) is 14.3. The molecule has 5 rings (SSSR count). The molecule has 1 aromatic heterocycles. The SMILES string of the molecule is FC(F)(F)c1cccnc1NCC12CC3CC(CC(C3)C1)C2. The molecule has 0 atom stereocenters. The van der Waals surface area contributed by atoms with Gasteiger partial charge in [0.15, 0.2) is 0 Å². The maximum absolute atomic E-state index is 13.1. The molecule has 0 aromatic carbocycles. The lowest BCUT2D eigenvalue weighted by Gasteiger charge is -2.57. The van der Waals surface area contributed by atoms with Gasteiger partial charge in [-0.2, -0.15) is 13.2 Å². The first-order valence-electron chi connectivity index (χ1n) is 8.20. The highest BCUT2D eigenvalue weighted by Crippen LogP contribution is 2.60. The summed E-state index contributed by atoms with van der Waals surface area (Å²) in [6.07, 6.45) is 4.65. The van der Waals surface area contributed by atoms with Gasteiger partial charge in [-0.25, -0.2) is 4.98 Å². The molecule has 4 saturated carbocycles. The normalized spacial score (nSPS) is 36.6. The predicted molar refractivity (Wildman–Crippen MR) is 78.3 cm³/mol. The number of nitrogens with zero attached hydrogens (tertiary/aromatic N) is 1. The molecule has 1 N–H and O–H groups in total. The van der Waals surface area contributed by atoms with Crippen LogP contribution in [0.2, 0.25) is 0 Å². The number of halogens is 3. The van der Waals surface area contributed by atoms with Gasteiger partial charge in [0, 0.05) is 12.7 Å². The van der Waals surface area contributed by atoms with Gasteiger partial charge in [-0.05, 0) is 73.8 Å². The third-order valence-electron chi connectivity index (χ3n) is 5.91. The van der Waals surface area contributed by atoms with Crippen LogP contribution in [0.25, 0.3) is 0 Å². The van der Waals surface area contributed by atoms with E-state index in [0.717, 1.165) is 23.8 Å². The molecule has 0 spiro atoms. The van der Waals surface area contributed by atoms with Crippen molar-refractivity contribution < 1.29 is 13.2 Å². The van der Waals surface area contributed by atoms with Crippen LogP contribution in [0.1, 0.15) is 44.1 Å². The molecule has 2 nitrogen and oxygen atoms in total. The number of alkyl halides is 3. The summed E-state index contributed by atoms with van der Waals surface area (Å²) in [5.41, 5.74) is -0.450. The number of rotatable bonds is 3. The molecule has 4 fully saturated rings. The zero-order chi connectivity index (χ0) is 15.4. The molecular weight excluding hydrogens is 289 g/mol. The molecule has 120 valence electrons. The minimum atomic E-state index is -4.35.